The standard InChI is InChI=1S/C20H22FN3OS/c1-25-19-3-2-14(12-16(19)21)13-24-9-5-15(6-10-24)23-18-4-8-22-17-7-11-26-20(17)18/h2-4,7-8,11-12,15H,5-6,9-10,13H2,1H3,(H,22,23). The lowest BCUT2D eigenvalue weighted by Gasteiger charge is -2.33. The number of methoxy groups -OCH3 is 1. The lowest BCUT2D eigenvalue weighted by atomic mass is 10.0. The molecule has 4 rings (SSSR count). The van der Waals surface area contributed by atoms with Crippen molar-refractivity contribution in [3.8, 4) is 5.75 Å². The molecule has 1 aliphatic rings. The summed E-state index contributed by atoms with van der Waals surface area (Å²) in [5, 5.41) is 5.77. The number of piperidine rings is 1. The predicted molar refractivity (Wildman–Crippen MR) is 104 cm³/mol. The maximum atomic E-state index is 13.9. The van der Waals surface area contributed by atoms with Crippen molar-refractivity contribution in [3.63, 3.8) is 0 Å². The van der Waals surface area contributed by atoms with Crippen LogP contribution in [0.1, 0.15) is 18.4 Å². The first-order valence-corrected chi connectivity index (χ1v) is 9.74. The second-order valence-corrected chi connectivity index (χ2v) is 7.57. The highest BCUT2D eigenvalue weighted by Gasteiger charge is 2.20. The maximum absolute atomic E-state index is 13.9. The fourth-order valence-electron chi connectivity index (χ4n) is 3.51. The number of thiophene rings is 1. The number of benzene rings is 1. The van der Waals surface area contributed by atoms with Crippen molar-refractivity contribution in [2.45, 2.75) is 25.4 Å². The SMILES string of the molecule is COc1ccc(CN2CCC(Nc3ccnc4ccsc34)CC2)cc1F. The summed E-state index contributed by atoms with van der Waals surface area (Å²) in [5.41, 5.74) is 3.23. The van der Waals surface area contributed by atoms with E-state index in [4.69, 9.17) is 4.74 Å². The molecule has 136 valence electrons. The van der Waals surface area contributed by atoms with Crippen molar-refractivity contribution in [2.24, 2.45) is 0 Å². The molecule has 1 N–H and O–H groups in total. The highest BCUT2D eigenvalue weighted by atomic mass is 32.1. The molecule has 0 radical (unpaired) electrons. The zero-order valence-electron chi connectivity index (χ0n) is 14.7. The molecule has 0 saturated carbocycles. The Morgan fingerprint density at radius 3 is 2.88 bits per heavy atom. The molecule has 6 heteroatoms. The van der Waals surface area contributed by atoms with Gasteiger partial charge in [-0.2, -0.15) is 0 Å². The summed E-state index contributed by atoms with van der Waals surface area (Å²) in [6.45, 7) is 2.78. The summed E-state index contributed by atoms with van der Waals surface area (Å²) in [6.07, 6.45) is 4.02. The van der Waals surface area contributed by atoms with E-state index in [0.29, 0.717) is 11.8 Å². The number of fused-ring (bicyclic) bond motifs is 1. The number of nitrogens with one attached hydrogen (secondary N) is 1. The molecular formula is C20H22FN3OS. The summed E-state index contributed by atoms with van der Waals surface area (Å²) in [6, 6.07) is 9.80. The van der Waals surface area contributed by atoms with Gasteiger partial charge in [-0.3, -0.25) is 9.88 Å². The number of halogens is 1. The molecule has 4 nitrogen and oxygen atoms in total. The van der Waals surface area contributed by atoms with Crippen LogP contribution in [0.4, 0.5) is 10.1 Å². The van der Waals surface area contributed by atoms with Crippen LogP contribution in [0.5, 0.6) is 5.75 Å². The van der Waals surface area contributed by atoms with Gasteiger partial charge in [0.1, 0.15) is 0 Å². The molecule has 1 saturated heterocycles. The Labute approximate surface area is 156 Å². The van der Waals surface area contributed by atoms with Crippen molar-refractivity contribution < 1.29 is 9.13 Å². The predicted octanol–water partition coefficient (Wildman–Crippen LogP) is 4.52. The quantitative estimate of drug-likeness (QED) is 0.715. The zero-order valence-corrected chi connectivity index (χ0v) is 15.6. The van der Waals surface area contributed by atoms with Gasteiger partial charge in [0, 0.05) is 31.9 Å². The molecule has 1 fully saturated rings. The lowest BCUT2D eigenvalue weighted by molar-refractivity contribution is 0.211. The fraction of sp³-hybridized carbons (Fsp3) is 0.350. The van der Waals surface area contributed by atoms with Gasteiger partial charge in [0.2, 0.25) is 0 Å². The molecular weight excluding hydrogens is 349 g/mol. The number of nitrogens with zero attached hydrogens (tertiary/aromatic N) is 2. The van der Waals surface area contributed by atoms with Gasteiger partial charge in [-0.25, -0.2) is 4.39 Å². The van der Waals surface area contributed by atoms with Gasteiger partial charge in [0.05, 0.1) is 23.0 Å². The van der Waals surface area contributed by atoms with E-state index >= 15 is 0 Å². The molecule has 0 unspecified atom stereocenters. The van der Waals surface area contributed by atoms with Crippen LogP contribution in [0.25, 0.3) is 10.2 Å². The zero-order chi connectivity index (χ0) is 17.9. The molecule has 0 bridgehead atoms. The third kappa shape index (κ3) is 3.66. The first-order chi connectivity index (χ1) is 12.7. The van der Waals surface area contributed by atoms with E-state index in [0.717, 1.165) is 43.6 Å². The number of anilines is 1. The molecule has 3 aromatic rings. The van der Waals surface area contributed by atoms with E-state index in [-0.39, 0.29) is 5.82 Å². The minimum absolute atomic E-state index is 0.292. The van der Waals surface area contributed by atoms with Crippen molar-refractivity contribution in [1.82, 2.24) is 9.88 Å². The van der Waals surface area contributed by atoms with Crippen LogP contribution in [-0.2, 0) is 6.54 Å². The van der Waals surface area contributed by atoms with Crippen LogP contribution in [0, 0.1) is 5.82 Å². The highest BCUT2D eigenvalue weighted by Crippen LogP contribution is 2.29. The molecule has 1 aromatic carbocycles. The molecule has 0 amide bonds. The smallest absolute Gasteiger partial charge is 0.165 e. The minimum atomic E-state index is -0.292. The van der Waals surface area contributed by atoms with E-state index in [2.05, 4.69) is 32.7 Å². The summed E-state index contributed by atoms with van der Waals surface area (Å²) in [4.78, 5) is 6.78. The molecule has 3 heterocycles. The van der Waals surface area contributed by atoms with E-state index in [1.165, 1.54) is 17.5 Å². The summed E-state index contributed by atoms with van der Waals surface area (Å²) >= 11 is 1.73. The number of rotatable bonds is 5. The highest BCUT2D eigenvalue weighted by molar-refractivity contribution is 7.17. The average molecular weight is 371 g/mol. The van der Waals surface area contributed by atoms with Crippen LogP contribution in [0.15, 0.2) is 41.9 Å². The Kier molecular flexibility index (Phi) is 5.04. The number of ether oxygens (including phenoxy) is 1. The van der Waals surface area contributed by atoms with Crippen LogP contribution in [0.3, 0.4) is 0 Å². The second-order valence-electron chi connectivity index (χ2n) is 6.66. The Morgan fingerprint density at radius 1 is 1.27 bits per heavy atom. The van der Waals surface area contributed by atoms with Gasteiger partial charge in [-0.1, -0.05) is 6.07 Å². The van der Waals surface area contributed by atoms with Crippen LogP contribution < -0.4 is 10.1 Å². The molecule has 26 heavy (non-hydrogen) atoms. The number of pyridine rings is 1. The van der Waals surface area contributed by atoms with Gasteiger partial charge < -0.3 is 10.1 Å². The molecule has 0 spiro atoms. The minimum Gasteiger partial charge on any atom is -0.494 e. The number of hydrogen-bond donors (Lipinski definition) is 1. The van der Waals surface area contributed by atoms with Crippen molar-refractivity contribution in [3.05, 3.63) is 53.3 Å². The van der Waals surface area contributed by atoms with Gasteiger partial charge in [-0.15, -0.1) is 11.3 Å². The van der Waals surface area contributed by atoms with Crippen LogP contribution >= 0.6 is 11.3 Å². The number of aromatic nitrogens is 1. The normalized spacial score (nSPS) is 16.1. The van der Waals surface area contributed by atoms with E-state index in [9.17, 15) is 4.39 Å². The molecule has 2 aromatic heterocycles. The Morgan fingerprint density at radius 2 is 2.12 bits per heavy atom. The van der Waals surface area contributed by atoms with Crippen LogP contribution in [0.2, 0.25) is 0 Å². The van der Waals surface area contributed by atoms with Crippen molar-refractivity contribution >= 4 is 27.2 Å². The third-order valence-corrected chi connectivity index (χ3v) is 5.85. The summed E-state index contributed by atoms with van der Waals surface area (Å²) in [5.74, 6) is 0.00750. The summed E-state index contributed by atoms with van der Waals surface area (Å²) < 4.78 is 20.1. The summed E-state index contributed by atoms with van der Waals surface area (Å²) in [7, 11) is 1.49. The Hall–Kier alpha value is -2.18. The van der Waals surface area contributed by atoms with Crippen LogP contribution in [-0.4, -0.2) is 36.1 Å². The van der Waals surface area contributed by atoms with Gasteiger partial charge in [0.15, 0.2) is 11.6 Å². The van der Waals surface area contributed by atoms with Gasteiger partial charge in [0.25, 0.3) is 0 Å². The number of likely N-dealkylation sites (tertiary alicyclic amines) is 1. The molecule has 0 atom stereocenters. The number of hydrogen-bond acceptors (Lipinski definition) is 5. The Balaban J connectivity index is 1.34. The van der Waals surface area contributed by atoms with E-state index in [1.807, 2.05) is 12.3 Å². The lowest BCUT2D eigenvalue weighted by Crippen LogP contribution is -2.38. The largest absolute Gasteiger partial charge is 0.494 e. The third-order valence-electron chi connectivity index (χ3n) is 4.91. The maximum Gasteiger partial charge on any atom is 0.165 e. The van der Waals surface area contributed by atoms with E-state index in [1.54, 1.807) is 23.5 Å². The topological polar surface area (TPSA) is 37.4 Å². The van der Waals surface area contributed by atoms with E-state index < -0.39 is 0 Å². The Bertz CT molecular complexity index is 890. The first kappa shape index (κ1) is 17.2. The fourth-order valence-corrected chi connectivity index (χ4v) is 4.34. The van der Waals surface area contributed by atoms with Crippen molar-refractivity contribution in [1.29, 1.82) is 0 Å². The first-order valence-electron chi connectivity index (χ1n) is 8.86. The monoisotopic (exact) mass is 371 g/mol. The van der Waals surface area contributed by atoms with Gasteiger partial charge in [-0.05, 0) is 48.1 Å². The second kappa shape index (κ2) is 7.60. The molecule has 1 aliphatic heterocycles. The average Bonchev–Trinajstić information content (AvgIpc) is 3.13. The molecule has 0 aliphatic carbocycles. The van der Waals surface area contributed by atoms with Gasteiger partial charge >= 0.3 is 0 Å². The van der Waals surface area contributed by atoms with Crippen molar-refractivity contribution in [2.75, 3.05) is 25.5 Å².